The first-order chi connectivity index (χ1) is 6.47. The lowest BCUT2D eigenvalue weighted by Crippen LogP contribution is -2.34. The normalized spacial score (nSPS) is 42.9. The monoisotopic (exact) mass is 195 g/mol. The summed E-state index contributed by atoms with van der Waals surface area (Å²) in [6.07, 6.45) is 5.77. The first-order valence-corrected chi connectivity index (χ1v) is 6.23. The standard InChI is InChI=1S/C13H25N/c1-9-10-6-5-7-11(10)12(14-9)8-13(2,3)4/h9-12,14H,5-8H2,1-4H3. The second-order valence-corrected chi connectivity index (χ2v) is 6.59. The Bertz CT molecular complexity index is 204. The van der Waals surface area contributed by atoms with E-state index >= 15 is 0 Å². The minimum atomic E-state index is 0.481. The van der Waals surface area contributed by atoms with Gasteiger partial charge in [-0.1, -0.05) is 27.2 Å². The van der Waals surface area contributed by atoms with Gasteiger partial charge in [0.2, 0.25) is 0 Å². The fourth-order valence-electron chi connectivity index (χ4n) is 3.59. The zero-order valence-corrected chi connectivity index (χ0v) is 10.1. The van der Waals surface area contributed by atoms with Gasteiger partial charge in [0.15, 0.2) is 0 Å². The van der Waals surface area contributed by atoms with Gasteiger partial charge in [-0.05, 0) is 43.4 Å². The summed E-state index contributed by atoms with van der Waals surface area (Å²) in [5.41, 5.74) is 0.481. The average Bonchev–Trinajstić information content (AvgIpc) is 2.54. The van der Waals surface area contributed by atoms with E-state index in [1.54, 1.807) is 0 Å². The lowest BCUT2D eigenvalue weighted by atomic mass is 9.81. The molecule has 1 heteroatoms. The molecule has 1 saturated carbocycles. The molecule has 0 bridgehead atoms. The lowest BCUT2D eigenvalue weighted by Gasteiger charge is -2.27. The molecule has 82 valence electrons. The molecule has 0 aromatic carbocycles. The Morgan fingerprint density at radius 3 is 2.43 bits per heavy atom. The summed E-state index contributed by atoms with van der Waals surface area (Å²) < 4.78 is 0. The molecule has 1 saturated heterocycles. The molecule has 1 aliphatic heterocycles. The van der Waals surface area contributed by atoms with Gasteiger partial charge in [-0.25, -0.2) is 0 Å². The van der Waals surface area contributed by atoms with Crippen LogP contribution < -0.4 is 5.32 Å². The van der Waals surface area contributed by atoms with Gasteiger partial charge >= 0.3 is 0 Å². The van der Waals surface area contributed by atoms with E-state index in [2.05, 4.69) is 33.0 Å². The highest BCUT2D eigenvalue weighted by atomic mass is 15.0. The first-order valence-electron chi connectivity index (χ1n) is 6.23. The summed E-state index contributed by atoms with van der Waals surface area (Å²) in [7, 11) is 0. The minimum absolute atomic E-state index is 0.481. The second-order valence-electron chi connectivity index (χ2n) is 6.59. The second kappa shape index (κ2) is 3.52. The van der Waals surface area contributed by atoms with Gasteiger partial charge in [-0.2, -0.15) is 0 Å². The Labute approximate surface area is 88.7 Å². The highest BCUT2D eigenvalue weighted by Gasteiger charge is 2.43. The molecule has 2 fully saturated rings. The van der Waals surface area contributed by atoms with Crippen molar-refractivity contribution in [2.75, 3.05) is 0 Å². The molecule has 1 aliphatic carbocycles. The van der Waals surface area contributed by atoms with Crippen molar-refractivity contribution in [2.45, 2.75) is 65.5 Å². The van der Waals surface area contributed by atoms with Crippen LogP contribution in [-0.2, 0) is 0 Å². The van der Waals surface area contributed by atoms with Gasteiger partial charge in [-0.15, -0.1) is 0 Å². The first kappa shape index (κ1) is 10.5. The SMILES string of the molecule is CC1NC(CC(C)(C)C)C2CCCC12. The molecular formula is C13H25N. The van der Waals surface area contributed by atoms with Crippen molar-refractivity contribution in [2.24, 2.45) is 17.3 Å². The van der Waals surface area contributed by atoms with Crippen molar-refractivity contribution in [1.82, 2.24) is 5.32 Å². The number of fused-ring (bicyclic) bond motifs is 1. The molecule has 0 amide bonds. The fourth-order valence-corrected chi connectivity index (χ4v) is 3.59. The number of hydrogen-bond donors (Lipinski definition) is 1. The highest BCUT2D eigenvalue weighted by Crippen LogP contribution is 2.43. The summed E-state index contributed by atoms with van der Waals surface area (Å²) in [4.78, 5) is 0. The van der Waals surface area contributed by atoms with Crippen molar-refractivity contribution in [3.05, 3.63) is 0 Å². The predicted molar refractivity (Wildman–Crippen MR) is 61.3 cm³/mol. The van der Waals surface area contributed by atoms with E-state index in [1.165, 1.54) is 25.7 Å². The van der Waals surface area contributed by atoms with Crippen LogP contribution in [0.5, 0.6) is 0 Å². The minimum Gasteiger partial charge on any atom is -0.311 e. The molecule has 0 aromatic rings. The van der Waals surface area contributed by atoms with Crippen molar-refractivity contribution in [3.63, 3.8) is 0 Å². The van der Waals surface area contributed by atoms with Crippen molar-refractivity contribution in [1.29, 1.82) is 0 Å². The van der Waals surface area contributed by atoms with E-state index < -0.39 is 0 Å². The van der Waals surface area contributed by atoms with Crippen LogP contribution in [0.3, 0.4) is 0 Å². The van der Waals surface area contributed by atoms with E-state index in [9.17, 15) is 0 Å². The van der Waals surface area contributed by atoms with Crippen LogP contribution in [0.1, 0.15) is 53.4 Å². The van der Waals surface area contributed by atoms with E-state index in [-0.39, 0.29) is 0 Å². The van der Waals surface area contributed by atoms with Crippen LogP contribution in [0.4, 0.5) is 0 Å². The number of nitrogens with one attached hydrogen (secondary N) is 1. The maximum absolute atomic E-state index is 3.81. The average molecular weight is 195 g/mol. The molecule has 1 nitrogen and oxygen atoms in total. The van der Waals surface area contributed by atoms with Gasteiger partial charge in [0.25, 0.3) is 0 Å². The van der Waals surface area contributed by atoms with Crippen molar-refractivity contribution >= 4 is 0 Å². The quantitative estimate of drug-likeness (QED) is 0.677. The maximum atomic E-state index is 3.81. The molecule has 4 atom stereocenters. The number of rotatable bonds is 1. The molecule has 0 radical (unpaired) electrons. The molecule has 1 N–H and O–H groups in total. The smallest absolute Gasteiger partial charge is 0.0106 e. The van der Waals surface area contributed by atoms with Crippen LogP contribution in [0, 0.1) is 17.3 Å². The van der Waals surface area contributed by atoms with E-state index in [0.29, 0.717) is 5.41 Å². The third-order valence-corrected chi connectivity index (χ3v) is 4.09. The van der Waals surface area contributed by atoms with Crippen molar-refractivity contribution in [3.8, 4) is 0 Å². The van der Waals surface area contributed by atoms with Gasteiger partial charge in [0.1, 0.15) is 0 Å². The van der Waals surface area contributed by atoms with Gasteiger partial charge in [0.05, 0.1) is 0 Å². The third kappa shape index (κ3) is 1.98. The topological polar surface area (TPSA) is 12.0 Å². The van der Waals surface area contributed by atoms with Crippen LogP contribution in [0.25, 0.3) is 0 Å². The fraction of sp³-hybridized carbons (Fsp3) is 1.00. The van der Waals surface area contributed by atoms with Crippen molar-refractivity contribution < 1.29 is 0 Å². The van der Waals surface area contributed by atoms with E-state index in [1.807, 2.05) is 0 Å². The molecule has 4 unspecified atom stereocenters. The molecular weight excluding hydrogens is 170 g/mol. The summed E-state index contributed by atoms with van der Waals surface area (Å²) in [5, 5.41) is 3.81. The molecule has 1 heterocycles. The molecule has 0 spiro atoms. The summed E-state index contributed by atoms with van der Waals surface area (Å²) in [6, 6.07) is 1.58. The number of hydrogen-bond acceptors (Lipinski definition) is 1. The molecule has 2 aliphatic rings. The van der Waals surface area contributed by atoms with E-state index in [0.717, 1.165) is 23.9 Å². The Morgan fingerprint density at radius 2 is 1.79 bits per heavy atom. The zero-order valence-electron chi connectivity index (χ0n) is 10.1. The maximum Gasteiger partial charge on any atom is 0.0106 e. The van der Waals surface area contributed by atoms with Crippen LogP contribution in [-0.4, -0.2) is 12.1 Å². The summed E-state index contributed by atoms with van der Waals surface area (Å²) >= 11 is 0. The van der Waals surface area contributed by atoms with Gasteiger partial charge in [-0.3, -0.25) is 0 Å². The zero-order chi connectivity index (χ0) is 10.3. The Morgan fingerprint density at radius 1 is 1.14 bits per heavy atom. The van der Waals surface area contributed by atoms with Gasteiger partial charge < -0.3 is 5.32 Å². The Hall–Kier alpha value is -0.0400. The third-order valence-electron chi connectivity index (χ3n) is 4.09. The van der Waals surface area contributed by atoms with E-state index in [4.69, 9.17) is 0 Å². The largest absolute Gasteiger partial charge is 0.311 e. The Balaban J connectivity index is 2.00. The molecule has 0 aromatic heterocycles. The summed E-state index contributed by atoms with van der Waals surface area (Å²) in [5.74, 6) is 1.98. The lowest BCUT2D eigenvalue weighted by molar-refractivity contribution is 0.278. The summed E-state index contributed by atoms with van der Waals surface area (Å²) in [6.45, 7) is 9.47. The Kier molecular flexibility index (Phi) is 2.63. The van der Waals surface area contributed by atoms with Crippen LogP contribution in [0.15, 0.2) is 0 Å². The van der Waals surface area contributed by atoms with Crippen LogP contribution in [0.2, 0.25) is 0 Å². The highest BCUT2D eigenvalue weighted by molar-refractivity contribution is 4.99. The molecule has 14 heavy (non-hydrogen) atoms. The predicted octanol–water partition coefficient (Wildman–Crippen LogP) is 3.20. The van der Waals surface area contributed by atoms with Crippen LogP contribution >= 0.6 is 0 Å². The van der Waals surface area contributed by atoms with Gasteiger partial charge in [0, 0.05) is 12.1 Å². The molecule has 2 rings (SSSR count).